The molecule has 2 N–H and O–H groups in total. The number of para-hydroxylation sites is 1. The summed E-state index contributed by atoms with van der Waals surface area (Å²) in [6, 6.07) is 20.7. The van der Waals surface area contributed by atoms with E-state index in [0.29, 0.717) is 5.56 Å². The lowest BCUT2D eigenvalue weighted by molar-refractivity contribution is -0.120. The molecule has 0 spiro atoms. The van der Waals surface area contributed by atoms with E-state index in [2.05, 4.69) is 10.5 Å². The first-order valence-corrected chi connectivity index (χ1v) is 7.30. The van der Waals surface area contributed by atoms with Gasteiger partial charge in [0.2, 0.25) is 5.91 Å². The number of hydrogen-bond donors (Lipinski definition) is 2. The Labute approximate surface area is 134 Å². The molecule has 0 aromatic heterocycles. The lowest BCUT2D eigenvalue weighted by Crippen LogP contribution is -2.19. The molecule has 1 amide bonds. The molecular weight excluding hydrogens is 288 g/mol. The van der Waals surface area contributed by atoms with E-state index in [1.54, 1.807) is 24.3 Å². The number of rotatable bonds is 4. The van der Waals surface area contributed by atoms with Gasteiger partial charge in [0.25, 0.3) is 0 Å². The number of carbonyl (C=O) groups excluding carboxylic acids is 1. The van der Waals surface area contributed by atoms with Crippen molar-refractivity contribution >= 4 is 22.9 Å². The molecule has 3 aromatic carbocycles. The van der Waals surface area contributed by atoms with Gasteiger partial charge in [-0.1, -0.05) is 54.6 Å². The van der Waals surface area contributed by atoms with Crippen molar-refractivity contribution in [2.45, 2.75) is 6.42 Å². The van der Waals surface area contributed by atoms with Crippen LogP contribution in [0.4, 0.5) is 0 Å². The highest BCUT2D eigenvalue weighted by Crippen LogP contribution is 2.18. The molecule has 0 unspecified atom stereocenters. The highest BCUT2D eigenvalue weighted by atomic mass is 16.3. The van der Waals surface area contributed by atoms with Crippen LogP contribution in [0.2, 0.25) is 0 Å². The molecule has 4 nitrogen and oxygen atoms in total. The van der Waals surface area contributed by atoms with Crippen LogP contribution in [0.3, 0.4) is 0 Å². The van der Waals surface area contributed by atoms with Crippen LogP contribution in [0.1, 0.15) is 11.1 Å². The Bertz CT molecular complexity index is 867. The first-order valence-electron chi connectivity index (χ1n) is 7.30. The molecule has 0 radical (unpaired) electrons. The third-order valence-electron chi connectivity index (χ3n) is 3.56. The maximum absolute atomic E-state index is 12.0. The maximum atomic E-state index is 12.0. The van der Waals surface area contributed by atoms with Crippen molar-refractivity contribution in [2.75, 3.05) is 0 Å². The summed E-state index contributed by atoms with van der Waals surface area (Å²) in [5, 5.41) is 15.7. The molecule has 23 heavy (non-hydrogen) atoms. The number of phenols is 1. The van der Waals surface area contributed by atoms with Crippen LogP contribution in [0.5, 0.6) is 5.75 Å². The fourth-order valence-electron chi connectivity index (χ4n) is 2.43. The molecule has 3 aromatic rings. The standard InChI is InChI=1S/C19H16N2O2/c22-18-11-4-2-7-16(18)13-20-21-19(23)12-15-9-5-8-14-6-1-3-10-17(14)15/h1-11,13,22H,12H2,(H,21,23). The first-order chi connectivity index (χ1) is 11.2. The minimum atomic E-state index is -0.201. The van der Waals surface area contributed by atoms with E-state index in [1.807, 2.05) is 42.5 Å². The summed E-state index contributed by atoms with van der Waals surface area (Å²) in [5.41, 5.74) is 4.00. The lowest BCUT2D eigenvalue weighted by atomic mass is 10.0. The first kappa shape index (κ1) is 14.8. The predicted octanol–water partition coefficient (Wildman–Crippen LogP) is 3.24. The monoisotopic (exact) mass is 304 g/mol. The van der Waals surface area contributed by atoms with Crippen molar-refractivity contribution in [3.63, 3.8) is 0 Å². The number of hydrazone groups is 1. The van der Waals surface area contributed by atoms with Crippen molar-refractivity contribution in [3.05, 3.63) is 77.9 Å². The van der Waals surface area contributed by atoms with Gasteiger partial charge in [-0.2, -0.15) is 5.10 Å². The zero-order chi connectivity index (χ0) is 16.1. The Hall–Kier alpha value is -3.14. The van der Waals surface area contributed by atoms with E-state index in [4.69, 9.17) is 0 Å². The molecule has 0 heterocycles. The average Bonchev–Trinajstić information content (AvgIpc) is 2.57. The van der Waals surface area contributed by atoms with Crippen LogP contribution in [0.15, 0.2) is 71.8 Å². The number of amides is 1. The van der Waals surface area contributed by atoms with Gasteiger partial charge in [-0.15, -0.1) is 0 Å². The summed E-state index contributed by atoms with van der Waals surface area (Å²) in [6.45, 7) is 0. The molecule has 0 aliphatic heterocycles. The summed E-state index contributed by atoms with van der Waals surface area (Å²) in [4.78, 5) is 12.0. The number of benzene rings is 3. The van der Waals surface area contributed by atoms with E-state index in [-0.39, 0.29) is 18.1 Å². The van der Waals surface area contributed by atoms with Crippen molar-refractivity contribution in [2.24, 2.45) is 5.10 Å². The molecule has 0 bridgehead atoms. The van der Waals surface area contributed by atoms with Crippen LogP contribution < -0.4 is 5.43 Å². The largest absolute Gasteiger partial charge is 0.507 e. The number of nitrogens with zero attached hydrogens (tertiary/aromatic N) is 1. The quantitative estimate of drug-likeness (QED) is 0.574. The van der Waals surface area contributed by atoms with Crippen LogP contribution in [0, 0.1) is 0 Å². The molecular formula is C19H16N2O2. The minimum Gasteiger partial charge on any atom is -0.507 e. The van der Waals surface area contributed by atoms with Gasteiger partial charge in [0, 0.05) is 5.56 Å². The van der Waals surface area contributed by atoms with Crippen LogP contribution in [0.25, 0.3) is 10.8 Å². The molecule has 3 rings (SSSR count). The molecule has 0 aliphatic carbocycles. The molecule has 0 fully saturated rings. The van der Waals surface area contributed by atoms with Crippen molar-refractivity contribution in [1.29, 1.82) is 0 Å². The van der Waals surface area contributed by atoms with Gasteiger partial charge < -0.3 is 5.11 Å². The second kappa shape index (κ2) is 6.75. The number of fused-ring (bicyclic) bond motifs is 1. The fourth-order valence-corrected chi connectivity index (χ4v) is 2.43. The van der Waals surface area contributed by atoms with Crippen molar-refractivity contribution in [1.82, 2.24) is 5.43 Å². The molecule has 0 aliphatic rings. The molecule has 0 atom stereocenters. The number of nitrogens with one attached hydrogen (secondary N) is 1. The summed E-state index contributed by atoms with van der Waals surface area (Å²) >= 11 is 0. The molecule has 0 saturated heterocycles. The third kappa shape index (κ3) is 3.55. The lowest BCUT2D eigenvalue weighted by Gasteiger charge is -2.05. The Kier molecular flexibility index (Phi) is 4.34. The summed E-state index contributed by atoms with van der Waals surface area (Å²) < 4.78 is 0. The van der Waals surface area contributed by atoms with Gasteiger partial charge in [-0.3, -0.25) is 4.79 Å². The van der Waals surface area contributed by atoms with Crippen LogP contribution >= 0.6 is 0 Å². The normalized spacial score (nSPS) is 11.0. The average molecular weight is 304 g/mol. The highest BCUT2D eigenvalue weighted by Gasteiger charge is 2.06. The van der Waals surface area contributed by atoms with Crippen LogP contribution in [-0.4, -0.2) is 17.2 Å². The Morgan fingerprint density at radius 2 is 1.74 bits per heavy atom. The Morgan fingerprint density at radius 1 is 1.00 bits per heavy atom. The van der Waals surface area contributed by atoms with Crippen LogP contribution in [-0.2, 0) is 11.2 Å². The zero-order valence-electron chi connectivity index (χ0n) is 12.4. The van der Waals surface area contributed by atoms with E-state index >= 15 is 0 Å². The Morgan fingerprint density at radius 3 is 2.61 bits per heavy atom. The van der Waals surface area contributed by atoms with E-state index in [0.717, 1.165) is 16.3 Å². The zero-order valence-corrected chi connectivity index (χ0v) is 12.4. The number of phenolic OH excluding ortho intramolecular Hbond substituents is 1. The van der Waals surface area contributed by atoms with Gasteiger partial charge in [0.1, 0.15) is 5.75 Å². The van der Waals surface area contributed by atoms with Crippen molar-refractivity contribution < 1.29 is 9.90 Å². The number of aromatic hydroxyl groups is 1. The fraction of sp³-hybridized carbons (Fsp3) is 0.0526. The summed E-state index contributed by atoms with van der Waals surface area (Å²) in [5.74, 6) is -0.0763. The minimum absolute atomic E-state index is 0.125. The Balaban J connectivity index is 1.69. The van der Waals surface area contributed by atoms with Gasteiger partial charge in [-0.05, 0) is 28.5 Å². The topological polar surface area (TPSA) is 61.7 Å². The SMILES string of the molecule is O=C(Cc1cccc2ccccc12)NN=Cc1ccccc1O. The van der Waals surface area contributed by atoms with Crippen molar-refractivity contribution in [3.8, 4) is 5.75 Å². The molecule has 0 saturated carbocycles. The van der Waals surface area contributed by atoms with E-state index in [1.165, 1.54) is 6.21 Å². The maximum Gasteiger partial charge on any atom is 0.244 e. The van der Waals surface area contributed by atoms with E-state index in [9.17, 15) is 9.90 Å². The highest BCUT2D eigenvalue weighted by molar-refractivity contribution is 5.91. The van der Waals surface area contributed by atoms with Gasteiger partial charge in [0.15, 0.2) is 0 Å². The second-order valence-electron chi connectivity index (χ2n) is 5.17. The third-order valence-corrected chi connectivity index (χ3v) is 3.56. The second-order valence-corrected chi connectivity index (χ2v) is 5.17. The van der Waals surface area contributed by atoms with E-state index < -0.39 is 0 Å². The number of hydrogen-bond acceptors (Lipinski definition) is 3. The van der Waals surface area contributed by atoms with Gasteiger partial charge >= 0.3 is 0 Å². The summed E-state index contributed by atoms with van der Waals surface area (Å²) in [7, 11) is 0. The predicted molar refractivity (Wildman–Crippen MR) is 91.5 cm³/mol. The van der Waals surface area contributed by atoms with Gasteiger partial charge in [0.05, 0.1) is 12.6 Å². The molecule has 4 heteroatoms. The summed E-state index contributed by atoms with van der Waals surface area (Å²) in [6.07, 6.45) is 1.68. The smallest absolute Gasteiger partial charge is 0.244 e. The number of carbonyl (C=O) groups is 1. The molecule has 114 valence electrons. The van der Waals surface area contributed by atoms with Gasteiger partial charge in [-0.25, -0.2) is 5.43 Å².